The summed E-state index contributed by atoms with van der Waals surface area (Å²) in [5.74, 6) is -1.35. The molecule has 3 aromatic carbocycles. The molecule has 0 saturated heterocycles. The lowest BCUT2D eigenvalue weighted by molar-refractivity contribution is -0.0597. The van der Waals surface area contributed by atoms with Crippen molar-refractivity contribution in [1.82, 2.24) is 0 Å². The van der Waals surface area contributed by atoms with Gasteiger partial charge in [-0.15, -0.1) is 0 Å². The number of benzene rings is 3. The van der Waals surface area contributed by atoms with E-state index in [1.54, 1.807) is 42.5 Å². The number of methoxy groups -OCH3 is 2. The van der Waals surface area contributed by atoms with Crippen molar-refractivity contribution in [2.24, 2.45) is 0 Å². The first-order valence-corrected chi connectivity index (χ1v) is 10.8. The second-order valence-corrected chi connectivity index (χ2v) is 7.46. The van der Waals surface area contributed by atoms with Crippen molar-refractivity contribution in [3.63, 3.8) is 0 Å². The number of nitrogens with two attached hydrogens (primary N) is 1. The van der Waals surface area contributed by atoms with Gasteiger partial charge in [-0.25, -0.2) is 8.78 Å². The van der Waals surface area contributed by atoms with Crippen molar-refractivity contribution >= 4 is 5.69 Å². The van der Waals surface area contributed by atoms with Crippen LogP contribution in [0.2, 0.25) is 0 Å². The molecule has 0 heterocycles. The van der Waals surface area contributed by atoms with Crippen molar-refractivity contribution in [3.05, 3.63) is 82.9 Å². The Labute approximate surface area is 202 Å². The summed E-state index contributed by atoms with van der Waals surface area (Å²) in [6.07, 6.45) is -1.01. The molecule has 0 saturated carbocycles. The molecule has 3 rings (SSSR count). The maximum Gasteiger partial charge on any atom is 0.230 e. The van der Waals surface area contributed by atoms with Crippen molar-refractivity contribution in [2.45, 2.75) is 25.9 Å². The number of nitriles is 1. The largest absolute Gasteiger partial charge is 0.493 e. The second kappa shape index (κ2) is 12.0. The molecule has 2 atom stereocenters. The zero-order chi connectivity index (χ0) is 25.4. The van der Waals surface area contributed by atoms with E-state index in [0.717, 1.165) is 24.1 Å². The van der Waals surface area contributed by atoms with Gasteiger partial charge in [-0.05, 0) is 30.7 Å². The highest BCUT2D eigenvalue weighted by atomic mass is 19.1. The summed E-state index contributed by atoms with van der Waals surface area (Å²) in [5, 5.41) is 8.87. The minimum atomic E-state index is -1.06. The van der Waals surface area contributed by atoms with Gasteiger partial charge >= 0.3 is 0 Å². The Morgan fingerprint density at radius 3 is 2.09 bits per heavy atom. The fourth-order valence-electron chi connectivity index (χ4n) is 3.24. The van der Waals surface area contributed by atoms with E-state index in [4.69, 9.17) is 34.7 Å². The van der Waals surface area contributed by atoms with Crippen LogP contribution in [0.15, 0.2) is 54.6 Å². The fourth-order valence-corrected chi connectivity index (χ4v) is 3.24. The zero-order valence-corrected chi connectivity index (χ0v) is 19.6. The maximum atomic E-state index is 14.0. The summed E-state index contributed by atoms with van der Waals surface area (Å²) >= 11 is 0. The van der Waals surface area contributed by atoms with Crippen LogP contribution in [0.25, 0.3) is 0 Å². The molecule has 0 fully saturated rings. The molecular formula is C26H26F2N2O5. The van der Waals surface area contributed by atoms with Gasteiger partial charge in [0.15, 0.2) is 0 Å². The first-order valence-electron chi connectivity index (χ1n) is 10.8. The number of nitrogen functional groups attached to an aromatic ring is 1. The summed E-state index contributed by atoms with van der Waals surface area (Å²) in [5.41, 5.74) is 6.93. The number of hydrogen-bond acceptors (Lipinski definition) is 7. The Balaban J connectivity index is 1.89. The molecule has 35 heavy (non-hydrogen) atoms. The third-order valence-corrected chi connectivity index (χ3v) is 4.95. The van der Waals surface area contributed by atoms with Gasteiger partial charge in [-0.1, -0.05) is 19.1 Å². The Kier molecular flexibility index (Phi) is 8.84. The normalized spacial score (nSPS) is 12.5. The van der Waals surface area contributed by atoms with Gasteiger partial charge in [0.25, 0.3) is 0 Å². The molecule has 184 valence electrons. The van der Waals surface area contributed by atoms with E-state index in [0.29, 0.717) is 29.4 Å². The van der Waals surface area contributed by atoms with E-state index >= 15 is 0 Å². The molecule has 3 aromatic rings. The lowest BCUT2D eigenvalue weighted by Crippen LogP contribution is -2.14. The third kappa shape index (κ3) is 6.38. The van der Waals surface area contributed by atoms with E-state index in [2.05, 4.69) is 0 Å². The van der Waals surface area contributed by atoms with Gasteiger partial charge in [0, 0.05) is 43.7 Å². The minimum Gasteiger partial charge on any atom is -0.493 e. The quantitative estimate of drug-likeness (QED) is 0.277. The highest BCUT2D eigenvalue weighted by molar-refractivity contribution is 5.44. The molecule has 0 aromatic heterocycles. The van der Waals surface area contributed by atoms with Crippen molar-refractivity contribution in [3.8, 4) is 23.3 Å². The van der Waals surface area contributed by atoms with Crippen LogP contribution in [-0.4, -0.2) is 20.8 Å². The van der Waals surface area contributed by atoms with Crippen LogP contribution in [0.1, 0.15) is 42.6 Å². The maximum absolute atomic E-state index is 14.0. The molecule has 0 aliphatic carbocycles. The Hall–Kier alpha value is -3.87. The lowest BCUT2D eigenvalue weighted by atomic mass is 10.1. The van der Waals surface area contributed by atoms with Crippen LogP contribution in [-0.2, 0) is 9.47 Å². The van der Waals surface area contributed by atoms with Crippen LogP contribution in [0.4, 0.5) is 14.5 Å². The Morgan fingerprint density at radius 2 is 1.51 bits per heavy atom. The van der Waals surface area contributed by atoms with Gasteiger partial charge in [-0.2, -0.15) is 5.26 Å². The highest BCUT2D eigenvalue weighted by Crippen LogP contribution is 2.35. The van der Waals surface area contributed by atoms with E-state index in [1.165, 1.54) is 20.3 Å². The number of ether oxygens (including phenoxy) is 5. The molecule has 0 radical (unpaired) electrons. The molecule has 0 aliphatic heterocycles. The molecule has 7 nitrogen and oxygen atoms in total. The highest BCUT2D eigenvalue weighted by Gasteiger charge is 2.22. The molecule has 2 N–H and O–H groups in total. The van der Waals surface area contributed by atoms with E-state index < -0.39 is 29.8 Å². The molecular weight excluding hydrogens is 458 g/mol. The predicted molar refractivity (Wildman–Crippen MR) is 125 cm³/mol. The third-order valence-electron chi connectivity index (χ3n) is 4.95. The summed E-state index contributed by atoms with van der Waals surface area (Å²) in [7, 11) is 2.91. The zero-order valence-electron chi connectivity index (χ0n) is 19.6. The minimum absolute atomic E-state index is 0.143. The van der Waals surface area contributed by atoms with Crippen molar-refractivity contribution in [1.29, 1.82) is 5.26 Å². The standard InChI is InChI=1S/C26H26F2N2O5/c1-4-11-33-24-14-18(34-25(31-2)16-5-7-17(30)8-6-16)9-10-20(24)26(32-3)35-19-12-22(27)21(15-29)23(28)13-19/h5-10,12-14,25-26H,4,11,30H2,1-3H3. The van der Waals surface area contributed by atoms with E-state index in [9.17, 15) is 8.78 Å². The molecule has 0 bridgehead atoms. The average Bonchev–Trinajstić information content (AvgIpc) is 2.85. The average molecular weight is 484 g/mol. The first-order chi connectivity index (χ1) is 16.9. The topological polar surface area (TPSA) is 96.0 Å². The fraction of sp³-hybridized carbons (Fsp3) is 0.269. The smallest absolute Gasteiger partial charge is 0.230 e. The van der Waals surface area contributed by atoms with Gasteiger partial charge in [-0.3, -0.25) is 0 Å². The van der Waals surface area contributed by atoms with Gasteiger partial charge in [0.1, 0.15) is 40.5 Å². The lowest BCUT2D eigenvalue weighted by Gasteiger charge is -2.23. The molecule has 0 aliphatic rings. The van der Waals surface area contributed by atoms with Crippen LogP contribution < -0.4 is 19.9 Å². The molecule has 0 spiro atoms. The number of anilines is 1. The number of rotatable bonds is 11. The number of halogens is 2. The molecule has 9 heteroatoms. The van der Waals surface area contributed by atoms with Gasteiger partial charge in [0.2, 0.25) is 12.6 Å². The van der Waals surface area contributed by atoms with Crippen molar-refractivity contribution in [2.75, 3.05) is 26.6 Å². The molecule has 2 unspecified atom stereocenters. The summed E-state index contributed by atoms with van der Waals surface area (Å²) in [4.78, 5) is 0. The first kappa shape index (κ1) is 25.7. The van der Waals surface area contributed by atoms with Crippen LogP contribution in [0, 0.1) is 23.0 Å². The summed E-state index contributed by atoms with van der Waals surface area (Å²) in [6.45, 7) is 2.35. The van der Waals surface area contributed by atoms with Gasteiger partial charge < -0.3 is 29.4 Å². The molecule has 0 amide bonds. The number of nitrogens with zero attached hydrogens (tertiary/aromatic N) is 1. The summed E-state index contributed by atoms with van der Waals surface area (Å²) < 4.78 is 56.5. The SMILES string of the molecule is CCCOc1cc(OC(OC)c2ccc(N)cc2)ccc1C(OC)Oc1cc(F)c(C#N)c(F)c1. The van der Waals surface area contributed by atoms with Gasteiger partial charge in [0.05, 0.1) is 12.2 Å². The predicted octanol–water partition coefficient (Wildman–Crippen LogP) is 5.66. The van der Waals surface area contributed by atoms with E-state index in [-0.39, 0.29) is 5.75 Å². The number of hydrogen-bond donors (Lipinski definition) is 1. The van der Waals surface area contributed by atoms with Crippen molar-refractivity contribution < 1.29 is 32.5 Å². The van der Waals surface area contributed by atoms with Crippen LogP contribution in [0.5, 0.6) is 17.2 Å². The Bertz CT molecular complexity index is 1160. The second-order valence-electron chi connectivity index (χ2n) is 7.46. The summed E-state index contributed by atoms with van der Waals surface area (Å²) in [6, 6.07) is 15.4. The monoisotopic (exact) mass is 484 g/mol. The van der Waals surface area contributed by atoms with Crippen LogP contribution >= 0.6 is 0 Å². The van der Waals surface area contributed by atoms with Crippen LogP contribution in [0.3, 0.4) is 0 Å². The Morgan fingerprint density at radius 1 is 0.886 bits per heavy atom. The van der Waals surface area contributed by atoms with E-state index in [1.807, 2.05) is 6.92 Å².